The lowest BCUT2D eigenvalue weighted by atomic mass is 10.1. The zero-order chi connectivity index (χ0) is 16.2. The minimum atomic E-state index is -4.68. The molecule has 124 valence electrons. The third kappa shape index (κ3) is 5.84. The van der Waals surface area contributed by atoms with Gasteiger partial charge >= 0.3 is 6.36 Å². The molecule has 22 heavy (non-hydrogen) atoms. The Kier molecular flexibility index (Phi) is 5.33. The second-order valence-electron chi connectivity index (χ2n) is 5.35. The van der Waals surface area contributed by atoms with Gasteiger partial charge in [0.05, 0.1) is 11.5 Å². The maximum Gasteiger partial charge on any atom is 0.573 e. The molecule has 1 N–H and O–H groups in total. The standard InChI is InChI=1S/C14H18F3NO3S/c15-14(16,17)21-13-5-3-11(4-6-13)7-8-18-12-2-1-9-22(19,20)10-12/h3-6,12,18H,1-2,7-10H2/t12-/m0/s1. The fourth-order valence-electron chi connectivity index (χ4n) is 2.46. The van der Waals surface area contributed by atoms with E-state index in [9.17, 15) is 21.6 Å². The quantitative estimate of drug-likeness (QED) is 0.896. The molecule has 8 heteroatoms. The lowest BCUT2D eigenvalue weighted by Gasteiger charge is -2.23. The Morgan fingerprint density at radius 2 is 1.91 bits per heavy atom. The Morgan fingerprint density at radius 3 is 2.50 bits per heavy atom. The number of ether oxygens (including phenoxy) is 1. The van der Waals surface area contributed by atoms with Gasteiger partial charge in [-0.2, -0.15) is 0 Å². The first-order valence-corrected chi connectivity index (χ1v) is 8.84. The fraction of sp³-hybridized carbons (Fsp3) is 0.571. The van der Waals surface area contributed by atoms with Crippen molar-refractivity contribution in [3.8, 4) is 5.75 Å². The van der Waals surface area contributed by atoms with E-state index in [2.05, 4.69) is 10.1 Å². The highest BCUT2D eigenvalue weighted by molar-refractivity contribution is 7.91. The van der Waals surface area contributed by atoms with Gasteiger partial charge in [-0.1, -0.05) is 12.1 Å². The van der Waals surface area contributed by atoms with Crippen molar-refractivity contribution < 1.29 is 26.3 Å². The zero-order valence-corrected chi connectivity index (χ0v) is 12.7. The Hall–Kier alpha value is -1.28. The molecular formula is C14H18F3NO3S. The molecule has 1 atom stereocenters. The average Bonchev–Trinajstić information content (AvgIpc) is 2.38. The van der Waals surface area contributed by atoms with Crippen LogP contribution >= 0.6 is 0 Å². The number of hydrogen-bond acceptors (Lipinski definition) is 4. The molecule has 0 aliphatic carbocycles. The summed E-state index contributed by atoms with van der Waals surface area (Å²) in [7, 11) is -2.94. The highest BCUT2D eigenvalue weighted by Crippen LogP contribution is 2.22. The van der Waals surface area contributed by atoms with E-state index >= 15 is 0 Å². The first-order chi connectivity index (χ1) is 10.2. The number of halogens is 3. The van der Waals surface area contributed by atoms with Crippen LogP contribution in [0.4, 0.5) is 13.2 Å². The molecule has 0 saturated carbocycles. The lowest BCUT2D eigenvalue weighted by Crippen LogP contribution is -2.40. The minimum absolute atomic E-state index is 0.0356. The van der Waals surface area contributed by atoms with Crippen molar-refractivity contribution in [2.45, 2.75) is 31.7 Å². The fourth-order valence-corrected chi connectivity index (χ4v) is 4.13. The van der Waals surface area contributed by atoms with Crippen LogP contribution in [0.15, 0.2) is 24.3 Å². The van der Waals surface area contributed by atoms with Crippen molar-refractivity contribution in [3.05, 3.63) is 29.8 Å². The van der Waals surface area contributed by atoms with Crippen LogP contribution in [-0.4, -0.2) is 38.9 Å². The van der Waals surface area contributed by atoms with E-state index in [-0.39, 0.29) is 23.3 Å². The smallest absolute Gasteiger partial charge is 0.406 e. The molecule has 0 amide bonds. The van der Waals surface area contributed by atoms with E-state index in [0.717, 1.165) is 12.0 Å². The summed E-state index contributed by atoms with van der Waals surface area (Å²) in [4.78, 5) is 0. The Labute approximate surface area is 127 Å². The van der Waals surface area contributed by atoms with Crippen molar-refractivity contribution in [1.29, 1.82) is 0 Å². The van der Waals surface area contributed by atoms with Gasteiger partial charge in [-0.15, -0.1) is 13.2 Å². The molecule has 0 spiro atoms. The minimum Gasteiger partial charge on any atom is -0.406 e. The van der Waals surface area contributed by atoms with E-state index < -0.39 is 16.2 Å². The number of alkyl halides is 3. The van der Waals surface area contributed by atoms with E-state index in [4.69, 9.17) is 0 Å². The molecule has 1 fully saturated rings. The van der Waals surface area contributed by atoms with Gasteiger partial charge in [0.15, 0.2) is 9.84 Å². The van der Waals surface area contributed by atoms with Gasteiger partial charge in [0.1, 0.15) is 5.75 Å². The van der Waals surface area contributed by atoms with Gasteiger partial charge in [-0.05, 0) is 43.5 Å². The van der Waals surface area contributed by atoms with Crippen molar-refractivity contribution in [1.82, 2.24) is 5.32 Å². The first kappa shape index (κ1) is 17.1. The van der Waals surface area contributed by atoms with Gasteiger partial charge in [-0.25, -0.2) is 8.42 Å². The molecule has 1 heterocycles. The molecule has 0 radical (unpaired) electrons. The Balaban J connectivity index is 1.77. The van der Waals surface area contributed by atoms with Gasteiger partial charge in [-0.3, -0.25) is 0 Å². The molecule has 0 aromatic heterocycles. The normalized spacial score (nSPS) is 21.5. The summed E-state index contributed by atoms with van der Waals surface area (Å²) >= 11 is 0. The molecular weight excluding hydrogens is 319 g/mol. The van der Waals surface area contributed by atoms with Crippen molar-refractivity contribution >= 4 is 9.84 Å². The van der Waals surface area contributed by atoms with Gasteiger partial charge in [0.2, 0.25) is 0 Å². The number of sulfone groups is 1. The lowest BCUT2D eigenvalue weighted by molar-refractivity contribution is -0.274. The van der Waals surface area contributed by atoms with Crippen molar-refractivity contribution in [3.63, 3.8) is 0 Å². The summed E-state index contributed by atoms with van der Waals surface area (Å²) in [6.45, 7) is 0.583. The number of nitrogens with one attached hydrogen (secondary N) is 1. The summed E-state index contributed by atoms with van der Waals surface area (Å²) in [6, 6.07) is 5.65. The average molecular weight is 337 g/mol. The predicted octanol–water partition coefficient (Wildman–Crippen LogP) is 2.29. The monoisotopic (exact) mass is 337 g/mol. The molecule has 1 aromatic carbocycles. The van der Waals surface area contributed by atoms with E-state index in [1.165, 1.54) is 12.1 Å². The highest BCUT2D eigenvalue weighted by Gasteiger charge is 2.31. The van der Waals surface area contributed by atoms with Gasteiger partial charge in [0.25, 0.3) is 0 Å². The molecule has 0 bridgehead atoms. The van der Waals surface area contributed by atoms with Crippen molar-refractivity contribution in [2.75, 3.05) is 18.1 Å². The third-order valence-corrected chi connectivity index (χ3v) is 5.29. The predicted molar refractivity (Wildman–Crippen MR) is 76.5 cm³/mol. The summed E-state index contributed by atoms with van der Waals surface area (Å²) in [5, 5.41) is 3.19. The molecule has 1 aliphatic heterocycles. The van der Waals surface area contributed by atoms with Crippen LogP contribution in [0.5, 0.6) is 5.75 Å². The summed E-state index contributed by atoms with van der Waals surface area (Å²) < 4.78 is 62.9. The summed E-state index contributed by atoms with van der Waals surface area (Å²) in [5.41, 5.74) is 0.862. The van der Waals surface area contributed by atoms with Crippen molar-refractivity contribution in [2.24, 2.45) is 0 Å². The second kappa shape index (κ2) is 6.87. The van der Waals surface area contributed by atoms with E-state index in [0.29, 0.717) is 19.4 Å². The maximum absolute atomic E-state index is 12.0. The Bertz CT molecular complexity index is 584. The van der Waals surface area contributed by atoms with Crippen LogP contribution in [0.3, 0.4) is 0 Å². The van der Waals surface area contributed by atoms with Crippen LogP contribution in [0, 0.1) is 0 Å². The molecule has 4 nitrogen and oxygen atoms in total. The number of benzene rings is 1. The summed E-state index contributed by atoms with van der Waals surface area (Å²) in [5.74, 6) is 0.166. The second-order valence-corrected chi connectivity index (χ2v) is 7.58. The SMILES string of the molecule is O=S1(=O)CCC[C@H](NCCc2ccc(OC(F)(F)F)cc2)C1. The van der Waals surface area contributed by atoms with Crippen LogP contribution < -0.4 is 10.1 Å². The van der Waals surface area contributed by atoms with Crippen LogP contribution in [0.2, 0.25) is 0 Å². The molecule has 1 aromatic rings. The van der Waals surface area contributed by atoms with Crippen LogP contribution in [0.1, 0.15) is 18.4 Å². The van der Waals surface area contributed by atoms with E-state index in [1.54, 1.807) is 12.1 Å². The topological polar surface area (TPSA) is 55.4 Å². The van der Waals surface area contributed by atoms with Gasteiger partial charge < -0.3 is 10.1 Å². The number of rotatable bonds is 5. The first-order valence-electron chi connectivity index (χ1n) is 7.02. The van der Waals surface area contributed by atoms with Crippen LogP contribution in [-0.2, 0) is 16.3 Å². The maximum atomic E-state index is 12.0. The molecule has 0 unspecified atom stereocenters. The third-order valence-electron chi connectivity index (χ3n) is 3.47. The number of hydrogen-bond donors (Lipinski definition) is 1. The summed E-state index contributed by atoms with van der Waals surface area (Å²) in [6.07, 6.45) is -2.57. The largest absolute Gasteiger partial charge is 0.573 e. The molecule has 1 aliphatic rings. The van der Waals surface area contributed by atoms with Crippen LogP contribution in [0.25, 0.3) is 0 Å². The molecule has 1 saturated heterocycles. The highest BCUT2D eigenvalue weighted by atomic mass is 32.2. The molecule has 2 rings (SSSR count). The zero-order valence-electron chi connectivity index (χ0n) is 11.9. The Morgan fingerprint density at radius 1 is 1.23 bits per heavy atom. The van der Waals surface area contributed by atoms with Gasteiger partial charge in [0, 0.05) is 6.04 Å². The van der Waals surface area contributed by atoms with E-state index in [1.807, 2.05) is 0 Å².